The Morgan fingerprint density at radius 3 is 2.73 bits per heavy atom. The maximum Gasteiger partial charge on any atom is 0.274 e. The number of hydrogen-bond donors (Lipinski definition) is 1. The number of rotatable bonds is 2. The van der Waals surface area contributed by atoms with Crippen molar-refractivity contribution in [2.75, 3.05) is 31.6 Å². The van der Waals surface area contributed by atoms with E-state index in [9.17, 15) is 4.79 Å². The van der Waals surface area contributed by atoms with Gasteiger partial charge in [0, 0.05) is 55.1 Å². The molecule has 0 bridgehead atoms. The van der Waals surface area contributed by atoms with Gasteiger partial charge in [0.25, 0.3) is 5.91 Å². The third-order valence-corrected chi connectivity index (χ3v) is 7.07. The van der Waals surface area contributed by atoms with E-state index in [0.717, 1.165) is 80.9 Å². The summed E-state index contributed by atoms with van der Waals surface area (Å²) in [4.78, 5) is 27.5. The number of aromatic nitrogens is 4. The van der Waals surface area contributed by atoms with E-state index >= 15 is 0 Å². The number of anilines is 1. The molecule has 4 heterocycles. The molecule has 0 saturated carbocycles. The molecule has 1 atom stereocenters. The number of fused-ring (bicyclic) bond motifs is 2. The van der Waals surface area contributed by atoms with Crippen LogP contribution < -0.4 is 4.90 Å². The number of nitrogens with one attached hydrogen (secondary N) is 1. The summed E-state index contributed by atoms with van der Waals surface area (Å²) in [6.45, 7) is 4.62. The number of amides is 1. The van der Waals surface area contributed by atoms with E-state index in [-0.39, 0.29) is 11.8 Å². The van der Waals surface area contributed by atoms with Gasteiger partial charge in [-0.05, 0) is 58.3 Å². The van der Waals surface area contributed by atoms with Crippen LogP contribution in [0.2, 0.25) is 0 Å². The van der Waals surface area contributed by atoms with Crippen LogP contribution in [0, 0.1) is 6.92 Å². The SMILES string of the molecule is Cc1nc([C@@H]2CCCN(C(=O)c3n[nH]c4c3CCCCC4)C2)nc2c1CCCN2C. The standard InChI is InChI=1S/C23H32N6O/c1-15-17-10-7-12-28(2)22(17)25-21(24-15)16-8-6-13-29(14-16)23(30)20-18-9-4-3-5-11-19(18)26-27-20/h16H,3-14H2,1-2H3,(H,26,27)/t16-/m1/s1. The lowest BCUT2D eigenvalue weighted by Gasteiger charge is -2.33. The van der Waals surface area contributed by atoms with Gasteiger partial charge >= 0.3 is 0 Å². The van der Waals surface area contributed by atoms with Crippen LogP contribution in [-0.2, 0) is 19.3 Å². The Hall–Kier alpha value is -2.44. The predicted molar refractivity (Wildman–Crippen MR) is 116 cm³/mol. The topological polar surface area (TPSA) is 78.0 Å². The summed E-state index contributed by atoms with van der Waals surface area (Å²) >= 11 is 0. The van der Waals surface area contributed by atoms with Crippen molar-refractivity contribution >= 4 is 11.7 Å². The van der Waals surface area contributed by atoms with Gasteiger partial charge in [0.15, 0.2) is 5.69 Å². The van der Waals surface area contributed by atoms with E-state index in [0.29, 0.717) is 12.2 Å². The van der Waals surface area contributed by atoms with Crippen molar-refractivity contribution < 1.29 is 4.79 Å². The summed E-state index contributed by atoms with van der Waals surface area (Å²) < 4.78 is 0. The lowest BCUT2D eigenvalue weighted by molar-refractivity contribution is 0.0697. The molecule has 7 nitrogen and oxygen atoms in total. The smallest absolute Gasteiger partial charge is 0.274 e. The molecule has 5 rings (SSSR count). The van der Waals surface area contributed by atoms with E-state index in [1.165, 1.54) is 24.1 Å². The van der Waals surface area contributed by atoms with Gasteiger partial charge in [0.2, 0.25) is 0 Å². The zero-order valence-electron chi connectivity index (χ0n) is 18.2. The highest BCUT2D eigenvalue weighted by Gasteiger charge is 2.31. The minimum atomic E-state index is 0.0749. The monoisotopic (exact) mass is 408 g/mol. The fourth-order valence-corrected chi connectivity index (χ4v) is 5.35. The third kappa shape index (κ3) is 3.48. The summed E-state index contributed by atoms with van der Waals surface area (Å²) in [5, 5.41) is 7.59. The van der Waals surface area contributed by atoms with Crippen molar-refractivity contribution in [3.8, 4) is 0 Å². The van der Waals surface area contributed by atoms with Crippen LogP contribution in [0.15, 0.2) is 0 Å². The van der Waals surface area contributed by atoms with Crippen LogP contribution in [0.5, 0.6) is 0 Å². The van der Waals surface area contributed by atoms with Crippen molar-refractivity contribution in [2.24, 2.45) is 0 Å². The third-order valence-electron chi connectivity index (χ3n) is 7.07. The van der Waals surface area contributed by atoms with E-state index < -0.39 is 0 Å². The van der Waals surface area contributed by atoms with E-state index in [2.05, 4.69) is 29.1 Å². The quantitative estimate of drug-likeness (QED) is 0.772. The fourth-order valence-electron chi connectivity index (χ4n) is 5.35. The minimum absolute atomic E-state index is 0.0749. The van der Waals surface area contributed by atoms with Crippen molar-refractivity contribution in [1.29, 1.82) is 0 Å². The first-order valence-electron chi connectivity index (χ1n) is 11.6. The summed E-state index contributed by atoms with van der Waals surface area (Å²) in [7, 11) is 2.12. The zero-order chi connectivity index (χ0) is 20.7. The number of likely N-dealkylation sites (tertiary alicyclic amines) is 1. The molecule has 1 aliphatic carbocycles. The van der Waals surface area contributed by atoms with Crippen molar-refractivity contribution in [3.05, 3.63) is 34.0 Å². The molecule has 0 spiro atoms. The number of hydrogen-bond acceptors (Lipinski definition) is 5. The summed E-state index contributed by atoms with van der Waals surface area (Å²) in [5.41, 5.74) is 5.36. The zero-order valence-corrected chi connectivity index (χ0v) is 18.2. The van der Waals surface area contributed by atoms with Gasteiger partial charge in [-0.2, -0.15) is 5.10 Å². The molecule has 0 unspecified atom stereocenters. The Kier molecular flexibility index (Phi) is 5.21. The second-order valence-electron chi connectivity index (χ2n) is 9.17. The van der Waals surface area contributed by atoms with Crippen LogP contribution in [0.25, 0.3) is 0 Å². The highest BCUT2D eigenvalue weighted by molar-refractivity contribution is 5.94. The Morgan fingerprint density at radius 1 is 1.00 bits per heavy atom. The van der Waals surface area contributed by atoms with Gasteiger partial charge in [-0.3, -0.25) is 9.89 Å². The van der Waals surface area contributed by atoms with Gasteiger partial charge in [-0.15, -0.1) is 0 Å². The second-order valence-corrected chi connectivity index (χ2v) is 9.17. The Bertz CT molecular complexity index is 951. The highest BCUT2D eigenvalue weighted by atomic mass is 16.2. The van der Waals surface area contributed by atoms with Crippen molar-refractivity contribution in [1.82, 2.24) is 25.1 Å². The molecule has 3 aliphatic rings. The lowest BCUT2D eigenvalue weighted by atomic mass is 9.95. The van der Waals surface area contributed by atoms with Gasteiger partial charge < -0.3 is 9.80 Å². The molecule has 1 N–H and O–H groups in total. The average Bonchev–Trinajstić information content (AvgIpc) is 3.02. The number of carbonyl (C=O) groups excluding carboxylic acids is 1. The van der Waals surface area contributed by atoms with Gasteiger partial charge in [0.1, 0.15) is 11.6 Å². The molecule has 1 saturated heterocycles. The Balaban J connectivity index is 1.38. The maximum atomic E-state index is 13.4. The van der Waals surface area contributed by atoms with Gasteiger partial charge in [0.05, 0.1) is 0 Å². The molecule has 7 heteroatoms. The number of aryl methyl sites for hydroxylation is 2. The lowest BCUT2D eigenvalue weighted by Crippen LogP contribution is -2.40. The fraction of sp³-hybridized carbons (Fsp3) is 0.652. The van der Waals surface area contributed by atoms with Gasteiger partial charge in [-0.1, -0.05) is 6.42 Å². The molecule has 0 radical (unpaired) electrons. The highest BCUT2D eigenvalue weighted by Crippen LogP contribution is 2.32. The number of nitrogens with zero attached hydrogens (tertiary/aromatic N) is 5. The second kappa shape index (κ2) is 8.00. The van der Waals surface area contributed by atoms with Crippen LogP contribution in [0.4, 0.5) is 5.82 Å². The molecule has 1 amide bonds. The molecule has 2 aromatic rings. The molecule has 2 aliphatic heterocycles. The Morgan fingerprint density at radius 2 is 1.83 bits per heavy atom. The number of aromatic amines is 1. The first-order chi connectivity index (χ1) is 14.6. The van der Waals surface area contributed by atoms with Crippen LogP contribution in [0.3, 0.4) is 0 Å². The molecule has 0 aromatic carbocycles. The van der Waals surface area contributed by atoms with Crippen LogP contribution in [-0.4, -0.2) is 57.7 Å². The minimum Gasteiger partial charge on any atom is -0.359 e. The van der Waals surface area contributed by atoms with E-state index in [1.807, 2.05) is 4.90 Å². The molecular formula is C23H32N6O. The van der Waals surface area contributed by atoms with E-state index in [4.69, 9.17) is 9.97 Å². The number of H-pyrrole nitrogens is 1. The largest absolute Gasteiger partial charge is 0.359 e. The molecule has 1 fully saturated rings. The average molecular weight is 409 g/mol. The summed E-state index contributed by atoms with van der Waals surface area (Å²) in [6.07, 6.45) is 9.76. The van der Waals surface area contributed by atoms with Crippen LogP contribution >= 0.6 is 0 Å². The summed E-state index contributed by atoms with van der Waals surface area (Å²) in [5.74, 6) is 2.26. The molecule has 160 valence electrons. The normalized spacial score (nSPS) is 21.7. The first-order valence-corrected chi connectivity index (χ1v) is 11.6. The first kappa shape index (κ1) is 19.5. The summed E-state index contributed by atoms with van der Waals surface area (Å²) in [6, 6.07) is 0. The van der Waals surface area contributed by atoms with Crippen LogP contribution in [0.1, 0.15) is 83.3 Å². The van der Waals surface area contributed by atoms with E-state index in [1.54, 1.807) is 0 Å². The predicted octanol–water partition coefficient (Wildman–Crippen LogP) is 3.18. The maximum absolute atomic E-state index is 13.4. The molecular weight excluding hydrogens is 376 g/mol. The molecule has 30 heavy (non-hydrogen) atoms. The molecule has 2 aromatic heterocycles. The van der Waals surface area contributed by atoms with Gasteiger partial charge in [-0.25, -0.2) is 9.97 Å². The number of piperidine rings is 1. The Labute approximate surface area is 178 Å². The number of carbonyl (C=O) groups is 1. The van der Waals surface area contributed by atoms with Crippen molar-refractivity contribution in [3.63, 3.8) is 0 Å². The van der Waals surface area contributed by atoms with Crippen molar-refractivity contribution in [2.45, 2.75) is 70.6 Å².